The summed E-state index contributed by atoms with van der Waals surface area (Å²) >= 11 is 0. The number of ether oxygens (including phenoxy) is 1. The van der Waals surface area contributed by atoms with E-state index in [0.717, 1.165) is 0 Å². The van der Waals surface area contributed by atoms with Crippen molar-refractivity contribution in [2.45, 2.75) is 6.92 Å². The summed E-state index contributed by atoms with van der Waals surface area (Å²) < 4.78 is 4.50. The molecule has 0 saturated heterocycles. The minimum atomic E-state index is -0.360. The number of rotatable bonds is 6. The molecule has 84 valence electrons. The molecule has 5 heteroatoms. The van der Waals surface area contributed by atoms with Gasteiger partial charge in [0.1, 0.15) is 0 Å². The highest BCUT2D eigenvalue weighted by Crippen LogP contribution is 1.88. The van der Waals surface area contributed by atoms with Gasteiger partial charge in [0.05, 0.1) is 26.7 Å². The molecule has 0 unspecified atom stereocenters. The lowest BCUT2D eigenvalue weighted by Crippen LogP contribution is -2.40. The highest BCUT2D eigenvalue weighted by atomic mass is 16.5. The van der Waals surface area contributed by atoms with Crippen LogP contribution in [0.4, 0.5) is 0 Å². The Morgan fingerprint density at radius 2 is 2.13 bits per heavy atom. The van der Waals surface area contributed by atoms with Crippen molar-refractivity contribution >= 4 is 11.9 Å². The highest BCUT2D eigenvalue weighted by Gasteiger charge is 2.12. The Balaban J connectivity index is 3.93. The van der Waals surface area contributed by atoms with Gasteiger partial charge >= 0.3 is 5.97 Å². The highest BCUT2D eigenvalue weighted by molar-refractivity contribution is 5.79. The average molecular weight is 212 g/mol. The van der Waals surface area contributed by atoms with Crippen LogP contribution >= 0.6 is 0 Å². The number of hydrogen-bond acceptors (Lipinski definition) is 4. The van der Waals surface area contributed by atoms with Gasteiger partial charge in [0.15, 0.2) is 0 Å². The number of terminal acetylenes is 1. The molecule has 0 radical (unpaired) electrons. The average Bonchev–Trinajstić information content (AvgIpc) is 2.25. The van der Waals surface area contributed by atoms with E-state index in [2.05, 4.69) is 16.0 Å². The van der Waals surface area contributed by atoms with Gasteiger partial charge in [0, 0.05) is 0 Å². The lowest BCUT2D eigenvalue weighted by Gasteiger charge is -2.17. The maximum Gasteiger partial charge on any atom is 0.319 e. The van der Waals surface area contributed by atoms with Crippen molar-refractivity contribution in [2.24, 2.45) is 0 Å². The summed E-state index contributed by atoms with van der Waals surface area (Å²) in [6, 6.07) is 0. The SMILES string of the molecule is C#CCNC(=O)CN(CC)CC(=O)OC. The summed E-state index contributed by atoms with van der Waals surface area (Å²) in [5, 5.41) is 2.52. The van der Waals surface area contributed by atoms with Gasteiger partial charge in [-0.1, -0.05) is 12.8 Å². The molecular weight excluding hydrogens is 196 g/mol. The predicted molar refractivity (Wildman–Crippen MR) is 56.0 cm³/mol. The molecule has 1 amide bonds. The van der Waals surface area contributed by atoms with E-state index in [9.17, 15) is 9.59 Å². The molecule has 5 nitrogen and oxygen atoms in total. The maximum atomic E-state index is 11.2. The topological polar surface area (TPSA) is 58.6 Å². The first-order valence-corrected chi connectivity index (χ1v) is 4.63. The molecule has 15 heavy (non-hydrogen) atoms. The molecular formula is C10H16N2O3. The molecule has 0 bridgehead atoms. The van der Waals surface area contributed by atoms with Gasteiger partial charge in [-0.3, -0.25) is 14.5 Å². The second kappa shape index (κ2) is 7.83. The zero-order valence-electron chi connectivity index (χ0n) is 9.08. The van der Waals surface area contributed by atoms with E-state index >= 15 is 0 Å². The molecule has 0 atom stereocenters. The Kier molecular flexibility index (Phi) is 7.02. The number of methoxy groups -OCH3 is 1. The van der Waals surface area contributed by atoms with Crippen LogP contribution in [-0.4, -0.2) is 50.1 Å². The standard InChI is InChI=1S/C10H16N2O3/c1-4-6-11-9(13)7-12(5-2)8-10(14)15-3/h1H,5-8H2,2-3H3,(H,11,13). The molecule has 0 heterocycles. The summed E-state index contributed by atoms with van der Waals surface area (Å²) in [6.07, 6.45) is 4.99. The van der Waals surface area contributed by atoms with Crippen LogP contribution in [-0.2, 0) is 14.3 Å². The summed E-state index contributed by atoms with van der Waals surface area (Å²) in [7, 11) is 1.31. The van der Waals surface area contributed by atoms with Crippen LogP contribution in [0.25, 0.3) is 0 Å². The molecule has 0 rings (SSSR count). The number of likely N-dealkylation sites (N-methyl/N-ethyl adjacent to an activating group) is 1. The molecule has 0 aromatic heterocycles. The van der Waals surface area contributed by atoms with Gasteiger partial charge in [-0.05, 0) is 6.54 Å². The number of carbonyl (C=O) groups is 2. The fourth-order valence-corrected chi connectivity index (χ4v) is 0.935. The first-order valence-electron chi connectivity index (χ1n) is 4.63. The first kappa shape index (κ1) is 13.5. The van der Waals surface area contributed by atoms with E-state index in [1.807, 2.05) is 6.92 Å². The zero-order chi connectivity index (χ0) is 11.7. The Hall–Kier alpha value is -1.54. The predicted octanol–water partition coefficient (Wildman–Crippen LogP) is -0.769. The molecule has 1 N–H and O–H groups in total. The van der Waals surface area contributed by atoms with Gasteiger partial charge in [0.25, 0.3) is 0 Å². The van der Waals surface area contributed by atoms with E-state index in [-0.39, 0.29) is 31.5 Å². The number of esters is 1. The normalized spacial score (nSPS) is 9.47. The number of nitrogens with one attached hydrogen (secondary N) is 1. The van der Waals surface area contributed by atoms with E-state index in [0.29, 0.717) is 6.54 Å². The summed E-state index contributed by atoms with van der Waals surface area (Å²) in [5.41, 5.74) is 0. The molecule has 0 spiro atoms. The van der Waals surface area contributed by atoms with Crippen molar-refractivity contribution in [1.29, 1.82) is 0 Å². The Morgan fingerprint density at radius 3 is 2.60 bits per heavy atom. The van der Waals surface area contributed by atoms with Gasteiger partial charge in [-0.2, -0.15) is 0 Å². The summed E-state index contributed by atoms with van der Waals surface area (Å²) in [4.78, 5) is 23.9. The molecule has 0 fully saturated rings. The Labute approximate surface area is 89.8 Å². The first-order chi connectivity index (χ1) is 7.13. The minimum absolute atomic E-state index is 0.108. The van der Waals surface area contributed by atoms with Gasteiger partial charge in [-0.15, -0.1) is 6.42 Å². The van der Waals surface area contributed by atoms with Crippen LogP contribution in [0.1, 0.15) is 6.92 Å². The molecule has 0 saturated carbocycles. The smallest absolute Gasteiger partial charge is 0.319 e. The summed E-state index contributed by atoms with van der Waals surface area (Å²) in [5.74, 6) is 1.74. The lowest BCUT2D eigenvalue weighted by atomic mass is 10.4. The van der Waals surface area contributed by atoms with E-state index in [1.54, 1.807) is 4.90 Å². The van der Waals surface area contributed by atoms with Gasteiger partial charge < -0.3 is 10.1 Å². The largest absolute Gasteiger partial charge is 0.468 e. The van der Waals surface area contributed by atoms with Crippen LogP contribution < -0.4 is 5.32 Å². The van der Waals surface area contributed by atoms with Crippen molar-refractivity contribution in [3.05, 3.63) is 0 Å². The van der Waals surface area contributed by atoms with E-state index in [4.69, 9.17) is 6.42 Å². The third-order valence-corrected chi connectivity index (χ3v) is 1.78. The van der Waals surface area contributed by atoms with Crippen molar-refractivity contribution in [2.75, 3.05) is 33.3 Å². The third-order valence-electron chi connectivity index (χ3n) is 1.78. The molecule has 0 aliphatic carbocycles. The van der Waals surface area contributed by atoms with Gasteiger partial charge in [0.2, 0.25) is 5.91 Å². The number of nitrogens with zero attached hydrogens (tertiary/aromatic N) is 1. The van der Waals surface area contributed by atoms with Crippen molar-refractivity contribution in [3.8, 4) is 12.3 Å². The molecule has 0 aromatic rings. The zero-order valence-corrected chi connectivity index (χ0v) is 9.08. The Morgan fingerprint density at radius 1 is 1.47 bits per heavy atom. The third kappa shape index (κ3) is 6.52. The quantitative estimate of drug-likeness (QED) is 0.464. The molecule has 0 aliphatic heterocycles. The Bertz CT molecular complexity index is 258. The second-order valence-electron chi connectivity index (χ2n) is 2.86. The van der Waals surface area contributed by atoms with Crippen LogP contribution in [0.2, 0.25) is 0 Å². The maximum absolute atomic E-state index is 11.2. The number of hydrogen-bond donors (Lipinski definition) is 1. The fraction of sp³-hybridized carbons (Fsp3) is 0.600. The van der Waals surface area contributed by atoms with Crippen molar-refractivity contribution in [1.82, 2.24) is 10.2 Å². The number of amides is 1. The van der Waals surface area contributed by atoms with E-state index in [1.165, 1.54) is 7.11 Å². The van der Waals surface area contributed by atoms with Crippen LogP contribution in [0, 0.1) is 12.3 Å². The van der Waals surface area contributed by atoms with Crippen LogP contribution in [0.5, 0.6) is 0 Å². The monoisotopic (exact) mass is 212 g/mol. The molecule has 0 aliphatic rings. The fourth-order valence-electron chi connectivity index (χ4n) is 0.935. The van der Waals surface area contributed by atoms with Crippen LogP contribution in [0.15, 0.2) is 0 Å². The lowest BCUT2D eigenvalue weighted by molar-refractivity contribution is -0.142. The van der Waals surface area contributed by atoms with Crippen molar-refractivity contribution < 1.29 is 14.3 Å². The van der Waals surface area contributed by atoms with Gasteiger partial charge in [-0.25, -0.2) is 0 Å². The van der Waals surface area contributed by atoms with Crippen molar-refractivity contribution in [3.63, 3.8) is 0 Å². The molecule has 0 aromatic carbocycles. The second-order valence-corrected chi connectivity index (χ2v) is 2.86. The minimum Gasteiger partial charge on any atom is -0.468 e. The van der Waals surface area contributed by atoms with E-state index < -0.39 is 0 Å². The number of carbonyl (C=O) groups excluding carboxylic acids is 2. The van der Waals surface area contributed by atoms with Crippen LogP contribution in [0.3, 0.4) is 0 Å². The summed E-state index contributed by atoms with van der Waals surface area (Å²) in [6.45, 7) is 2.91.